The topological polar surface area (TPSA) is 93.7 Å². The van der Waals surface area contributed by atoms with Crippen molar-refractivity contribution >= 4 is 33.4 Å². The summed E-state index contributed by atoms with van der Waals surface area (Å²) >= 11 is 1.56. The maximum absolute atomic E-state index is 12.8. The maximum atomic E-state index is 12.8. The molecule has 2 N–H and O–H groups in total. The summed E-state index contributed by atoms with van der Waals surface area (Å²) in [5.74, 6) is 1.22. The fraction of sp³-hybridized carbons (Fsp3) is 0.409. The molecule has 1 heterocycles. The number of ether oxygens (including phenoxy) is 2. The summed E-state index contributed by atoms with van der Waals surface area (Å²) in [4.78, 5) is 13.0. The van der Waals surface area contributed by atoms with Crippen LogP contribution < -0.4 is 19.5 Å². The van der Waals surface area contributed by atoms with Crippen molar-refractivity contribution in [1.82, 2.24) is 4.72 Å². The summed E-state index contributed by atoms with van der Waals surface area (Å²) in [6.45, 7) is 7.07. The Morgan fingerprint density at radius 1 is 1.10 bits per heavy atom. The molecule has 0 saturated carbocycles. The van der Waals surface area contributed by atoms with Crippen molar-refractivity contribution in [2.24, 2.45) is 0 Å². The van der Waals surface area contributed by atoms with Gasteiger partial charge in [-0.1, -0.05) is 13.0 Å². The van der Waals surface area contributed by atoms with E-state index in [1.54, 1.807) is 23.9 Å². The average molecular weight is 465 g/mol. The van der Waals surface area contributed by atoms with Gasteiger partial charge in [0, 0.05) is 23.1 Å². The SMILES string of the molecule is CCOc1ccc(CCNS(=O)(=O)c2ccc3c(c2)NC(=O)C[C@@H](C)S3)cc1OCC. The lowest BCUT2D eigenvalue weighted by molar-refractivity contribution is -0.116. The third kappa shape index (κ3) is 6.15. The number of carbonyl (C=O) groups excluding carboxylic acids is 1. The molecule has 1 aliphatic heterocycles. The van der Waals surface area contributed by atoms with Gasteiger partial charge < -0.3 is 14.8 Å². The Bertz CT molecular complexity index is 1040. The van der Waals surface area contributed by atoms with Crippen LogP contribution in [0.5, 0.6) is 11.5 Å². The summed E-state index contributed by atoms with van der Waals surface area (Å²) in [6, 6.07) is 10.5. The molecule has 1 atom stereocenters. The van der Waals surface area contributed by atoms with Gasteiger partial charge in [0.05, 0.1) is 23.8 Å². The smallest absolute Gasteiger partial charge is 0.240 e. The van der Waals surface area contributed by atoms with Crippen molar-refractivity contribution in [3.05, 3.63) is 42.0 Å². The van der Waals surface area contributed by atoms with Crippen LogP contribution in [0, 0.1) is 0 Å². The lowest BCUT2D eigenvalue weighted by Gasteiger charge is -2.13. The zero-order valence-corrected chi connectivity index (χ0v) is 19.6. The molecule has 2 aromatic rings. The van der Waals surface area contributed by atoms with Crippen LogP contribution in [0.2, 0.25) is 0 Å². The van der Waals surface area contributed by atoms with Crippen LogP contribution in [0.4, 0.5) is 5.69 Å². The van der Waals surface area contributed by atoms with E-state index in [0.717, 1.165) is 10.5 Å². The standard InChI is InChI=1S/C22H28N2O5S2/c1-4-28-19-8-6-16(13-20(19)29-5-2)10-11-23-31(26,27)17-7-9-21-18(14-17)24-22(25)12-15(3)30-21/h6-9,13-15,23H,4-5,10-12H2,1-3H3,(H,24,25)/t15-/m1/s1. The Morgan fingerprint density at radius 3 is 2.58 bits per heavy atom. The second-order valence-electron chi connectivity index (χ2n) is 7.13. The van der Waals surface area contributed by atoms with Crippen LogP contribution in [-0.2, 0) is 21.2 Å². The zero-order valence-electron chi connectivity index (χ0n) is 17.9. The number of sulfonamides is 1. The first-order valence-corrected chi connectivity index (χ1v) is 12.7. The predicted octanol–water partition coefficient (Wildman–Crippen LogP) is 3.83. The van der Waals surface area contributed by atoms with Crippen LogP contribution in [0.15, 0.2) is 46.2 Å². The molecular formula is C22H28N2O5S2. The summed E-state index contributed by atoms with van der Waals surface area (Å²) in [5.41, 5.74) is 1.48. The minimum atomic E-state index is -3.71. The lowest BCUT2D eigenvalue weighted by atomic mass is 10.1. The molecule has 0 aromatic heterocycles. The molecule has 1 amide bonds. The monoisotopic (exact) mass is 464 g/mol. The number of anilines is 1. The number of nitrogens with one attached hydrogen (secondary N) is 2. The molecule has 168 valence electrons. The number of hydrogen-bond acceptors (Lipinski definition) is 6. The van der Waals surface area contributed by atoms with E-state index in [9.17, 15) is 13.2 Å². The maximum Gasteiger partial charge on any atom is 0.240 e. The van der Waals surface area contributed by atoms with Gasteiger partial charge in [0.2, 0.25) is 15.9 Å². The second-order valence-corrected chi connectivity index (χ2v) is 10.4. The van der Waals surface area contributed by atoms with Crippen LogP contribution in [0.25, 0.3) is 0 Å². The molecule has 3 rings (SSSR count). The third-order valence-corrected chi connectivity index (χ3v) is 7.29. The van der Waals surface area contributed by atoms with Crippen LogP contribution in [0.1, 0.15) is 32.8 Å². The Morgan fingerprint density at radius 2 is 1.84 bits per heavy atom. The van der Waals surface area contributed by atoms with Crippen molar-refractivity contribution < 1.29 is 22.7 Å². The van der Waals surface area contributed by atoms with E-state index in [2.05, 4.69) is 10.0 Å². The van der Waals surface area contributed by atoms with Gasteiger partial charge in [0.25, 0.3) is 0 Å². The number of amides is 1. The van der Waals surface area contributed by atoms with E-state index in [4.69, 9.17) is 9.47 Å². The minimum Gasteiger partial charge on any atom is -0.490 e. The van der Waals surface area contributed by atoms with Crippen molar-refractivity contribution in [2.45, 2.75) is 48.7 Å². The highest BCUT2D eigenvalue weighted by molar-refractivity contribution is 8.00. The summed E-state index contributed by atoms with van der Waals surface area (Å²) in [6.07, 6.45) is 0.895. The average Bonchev–Trinajstić information content (AvgIpc) is 2.85. The lowest BCUT2D eigenvalue weighted by Crippen LogP contribution is -2.26. The van der Waals surface area contributed by atoms with Gasteiger partial charge in [-0.2, -0.15) is 0 Å². The highest BCUT2D eigenvalue weighted by Gasteiger charge is 2.22. The normalized spacial score (nSPS) is 16.2. The number of thioether (sulfide) groups is 1. The van der Waals surface area contributed by atoms with E-state index in [1.165, 1.54) is 6.07 Å². The van der Waals surface area contributed by atoms with Crippen molar-refractivity contribution in [3.63, 3.8) is 0 Å². The van der Waals surface area contributed by atoms with Crippen LogP contribution in [0.3, 0.4) is 0 Å². The molecule has 7 nitrogen and oxygen atoms in total. The molecule has 0 spiro atoms. The van der Waals surface area contributed by atoms with Gasteiger partial charge in [-0.15, -0.1) is 11.8 Å². The predicted molar refractivity (Wildman–Crippen MR) is 123 cm³/mol. The van der Waals surface area contributed by atoms with Gasteiger partial charge in [-0.05, 0) is 56.2 Å². The fourth-order valence-electron chi connectivity index (χ4n) is 3.26. The molecule has 2 aromatic carbocycles. The Labute approximate surface area is 188 Å². The molecule has 0 fully saturated rings. The Hall–Kier alpha value is -2.23. The van der Waals surface area contributed by atoms with E-state index >= 15 is 0 Å². The molecule has 0 aliphatic carbocycles. The minimum absolute atomic E-state index is 0.109. The van der Waals surface area contributed by atoms with Gasteiger partial charge in [-0.25, -0.2) is 13.1 Å². The van der Waals surface area contributed by atoms with Crippen molar-refractivity contribution in [1.29, 1.82) is 0 Å². The van der Waals surface area contributed by atoms with E-state index in [0.29, 0.717) is 43.2 Å². The first kappa shape index (κ1) is 23.4. The van der Waals surface area contributed by atoms with Gasteiger partial charge in [0.1, 0.15) is 0 Å². The fourth-order valence-corrected chi connectivity index (χ4v) is 5.37. The molecule has 9 heteroatoms. The Kier molecular flexibility index (Phi) is 7.85. The van der Waals surface area contributed by atoms with Gasteiger partial charge in [-0.3, -0.25) is 4.79 Å². The summed E-state index contributed by atoms with van der Waals surface area (Å²) in [5, 5.41) is 2.94. The number of rotatable bonds is 9. The van der Waals surface area contributed by atoms with Gasteiger partial charge in [0.15, 0.2) is 11.5 Å². The summed E-state index contributed by atoms with van der Waals surface area (Å²) < 4.78 is 39.4. The molecule has 0 saturated heterocycles. The van der Waals surface area contributed by atoms with Crippen LogP contribution in [-0.4, -0.2) is 39.3 Å². The molecule has 0 radical (unpaired) electrons. The number of fused-ring (bicyclic) bond motifs is 1. The molecule has 1 aliphatic rings. The van der Waals surface area contributed by atoms with E-state index in [-0.39, 0.29) is 22.6 Å². The summed E-state index contributed by atoms with van der Waals surface area (Å²) in [7, 11) is -3.71. The van der Waals surface area contributed by atoms with Gasteiger partial charge >= 0.3 is 0 Å². The highest BCUT2D eigenvalue weighted by Crippen LogP contribution is 2.36. The quantitative estimate of drug-likeness (QED) is 0.586. The number of benzene rings is 2. The zero-order chi connectivity index (χ0) is 22.4. The molecule has 0 unspecified atom stereocenters. The van der Waals surface area contributed by atoms with E-state index in [1.807, 2.05) is 39.0 Å². The third-order valence-electron chi connectivity index (χ3n) is 4.65. The first-order chi connectivity index (χ1) is 14.8. The molecule has 0 bridgehead atoms. The first-order valence-electron chi connectivity index (χ1n) is 10.3. The molecule has 31 heavy (non-hydrogen) atoms. The van der Waals surface area contributed by atoms with Crippen molar-refractivity contribution in [2.75, 3.05) is 25.1 Å². The van der Waals surface area contributed by atoms with E-state index < -0.39 is 10.0 Å². The number of hydrogen-bond donors (Lipinski definition) is 2. The Balaban J connectivity index is 1.68. The number of carbonyl (C=O) groups is 1. The molecular weight excluding hydrogens is 436 g/mol. The largest absolute Gasteiger partial charge is 0.490 e. The second kappa shape index (κ2) is 10.4. The highest BCUT2D eigenvalue weighted by atomic mass is 32.2. The van der Waals surface area contributed by atoms with Crippen molar-refractivity contribution in [3.8, 4) is 11.5 Å². The van der Waals surface area contributed by atoms with Crippen LogP contribution >= 0.6 is 11.8 Å².